The molecular weight excluding hydrogens is 502 g/mol. The highest BCUT2D eigenvalue weighted by molar-refractivity contribution is 7.96. The predicted molar refractivity (Wildman–Crippen MR) is 127 cm³/mol. The van der Waals surface area contributed by atoms with Crippen LogP contribution in [0.3, 0.4) is 0 Å². The van der Waals surface area contributed by atoms with Crippen LogP contribution in [0.1, 0.15) is 48.5 Å². The second-order valence-electron chi connectivity index (χ2n) is 10.0. The van der Waals surface area contributed by atoms with E-state index in [-0.39, 0.29) is 5.57 Å². The van der Waals surface area contributed by atoms with Gasteiger partial charge in [-0.2, -0.15) is 0 Å². The van der Waals surface area contributed by atoms with Crippen LogP contribution in [0.2, 0.25) is 0 Å². The number of alkyl halides is 1. The van der Waals surface area contributed by atoms with Crippen molar-refractivity contribution in [3.63, 3.8) is 0 Å². The molecule has 0 aromatic carbocycles. The fourth-order valence-corrected chi connectivity index (χ4v) is 6.42. The summed E-state index contributed by atoms with van der Waals surface area (Å²) in [5, 5.41) is -3.13. The van der Waals surface area contributed by atoms with Gasteiger partial charge >= 0.3 is 17.9 Å². The maximum absolute atomic E-state index is 13.4. The van der Waals surface area contributed by atoms with Crippen LogP contribution in [0.25, 0.3) is 0 Å². The lowest BCUT2D eigenvalue weighted by molar-refractivity contribution is -0.163. The van der Waals surface area contributed by atoms with Gasteiger partial charge in [0.1, 0.15) is 16.6 Å². The van der Waals surface area contributed by atoms with E-state index in [1.165, 1.54) is 6.92 Å². The zero-order valence-corrected chi connectivity index (χ0v) is 22.4. The lowest BCUT2D eigenvalue weighted by atomic mass is 9.83. The fourth-order valence-electron chi connectivity index (χ4n) is 3.72. The Morgan fingerprint density at radius 2 is 1.49 bits per heavy atom. The number of rotatable bonds is 5. The van der Waals surface area contributed by atoms with Gasteiger partial charge < -0.3 is 14.2 Å². The Morgan fingerprint density at radius 1 is 1.00 bits per heavy atom. The van der Waals surface area contributed by atoms with Crippen molar-refractivity contribution in [1.29, 1.82) is 0 Å². The lowest BCUT2D eigenvalue weighted by Crippen LogP contribution is -2.77. The molecule has 2 rings (SSSR count). The first-order valence-corrected chi connectivity index (χ1v) is 12.6. The van der Waals surface area contributed by atoms with Crippen LogP contribution in [0, 0.1) is 0 Å². The first-order chi connectivity index (χ1) is 15.8. The number of carbonyl (C=O) groups excluding carboxylic acids is 4. The predicted octanol–water partition coefficient (Wildman–Crippen LogP) is 2.17. The molecular formula is C23H30ClNO9S. The number of β-lactam (4-membered cyclic amide) rings is 1. The molecule has 194 valence electrons. The molecule has 0 aromatic heterocycles. The van der Waals surface area contributed by atoms with Gasteiger partial charge in [-0.1, -0.05) is 0 Å². The number of amides is 1. The first-order valence-electron chi connectivity index (χ1n) is 10.6. The molecule has 1 fully saturated rings. The first kappa shape index (κ1) is 28.6. The summed E-state index contributed by atoms with van der Waals surface area (Å²) >= 11 is 6.07. The van der Waals surface area contributed by atoms with E-state index in [9.17, 15) is 27.6 Å². The van der Waals surface area contributed by atoms with Gasteiger partial charge in [0.2, 0.25) is 15.7 Å². The molecule has 2 aliphatic heterocycles. The van der Waals surface area contributed by atoms with Crippen LogP contribution in [0.4, 0.5) is 0 Å². The van der Waals surface area contributed by atoms with Crippen molar-refractivity contribution in [2.75, 3.05) is 7.11 Å². The van der Waals surface area contributed by atoms with Crippen molar-refractivity contribution in [3.8, 4) is 0 Å². The topological polar surface area (TPSA) is 133 Å². The van der Waals surface area contributed by atoms with E-state index in [1.54, 1.807) is 41.5 Å². The van der Waals surface area contributed by atoms with Gasteiger partial charge in [-0.25, -0.2) is 22.8 Å². The molecule has 3 atom stereocenters. The van der Waals surface area contributed by atoms with Gasteiger partial charge in [-0.3, -0.25) is 9.69 Å². The van der Waals surface area contributed by atoms with Gasteiger partial charge in [0, 0.05) is 12.2 Å². The number of hydrogen-bond acceptors (Lipinski definition) is 9. The SMILES string of the molecule is COC(=O)C1(/C=C/C(=O)OC(C)(C)C)C(C)=C(/C=C/C(=O)OC(C)(C)C)S(=O)(=O)C2[C@@H](Cl)C(=O)N21. The van der Waals surface area contributed by atoms with Crippen LogP contribution >= 0.6 is 11.6 Å². The van der Waals surface area contributed by atoms with Gasteiger partial charge in [0.15, 0.2) is 10.9 Å². The number of sulfone groups is 1. The average Bonchev–Trinajstić information content (AvgIpc) is 2.68. The van der Waals surface area contributed by atoms with Crippen LogP contribution in [0.5, 0.6) is 0 Å². The van der Waals surface area contributed by atoms with E-state index in [0.29, 0.717) is 0 Å². The molecule has 0 bridgehead atoms. The number of nitrogens with zero attached hydrogens (tertiary/aromatic N) is 1. The Bertz CT molecular complexity index is 1140. The van der Waals surface area contributed by atoms with Crippen molar-refractivity contribution in [2.45, 2.75) is 76.0 Å². The zero-order valence-electron chi connectivity index (χ0n) is 20.9. The van der Waals surface area contributed by atoms with E-state index in [4.69, 9.17) is 25.8 Å². The molecule has 1 amide bonds. The normalized spacial score (nSPS) is 26.4. The number of ether oxygens (including phenoxy) is 3. The van der Waals surface area contributed by atoms with Crippen molar-refractivity contribution in [1.82, 2.24) is 4.90 Å². The molecule has 1 saturated heterocycles. The molecule has 0 aromatic rings. The number of methoxy groups -OCH3 is 1. The molecule has 12 heteroatoms. The lowest BCUT2D eigenvalue weighted by Gasteiger charge is -2.55. The Balaban J connectivity index is 2.75. The van der Waals surface area contributed by atoms with E-state index in [0.717, 1.165) is 36.3 Å². The zero-order chi connectivity index (χ0) is 27.1. The van der Waals surface area contributed by atoms with Crippen LogP contribution in [-0.4, -0.2) is 71.7 Å². The van der Waals surface area contributed by atoms with Crippen LogP contribution in [-0.2, 0) is 43.2 Å². The molecule has 0 aliphatic carbocycles. The molecule has 0 saturated carbocycles. The highest BCUT2D eigenvalue weighted by atomic mass is 35.5. The minimum Gasteiger partial charge on any atom is -0.467 e. The Kier molecular flexibility index (Phi) is 7.69. The van der Waals surface area contributed by atoms with Crippen molar-refractivity contribution < 1.29 is 41.8 Å². The molecule has 35 heavy (non-hydrogen) atoms. The third-order valence-corrected chi connectivity index (χ3v) is 7.81. The summed E-state index contributed by atoms with van der Waals surface area (Å²) in [5.74, 6) is -3.53. The van der Waals surface area contributed by atoms with Gasteiger partial charge in [-0.05, 0) is 66.2 Å². The molecule has 0 N–H and O–H groups in total. The minimum absolute atomic E-state index is 0.169. The molecule has 10 nitrogen and oxygen atoms in total. The third kappa shape index (κ3) is 5.45. The number of carbonyl (C=O) groups is 4. The number of halogens is 1. The summed E-state index contributed by atoms with van der Waals surface area (Å²) in [7, 11) is -3.26. The second-order valence-corrected chi connectivity index (χ2v) is 12.5. The van der Waals surface area contributed by atoms with E-state index in [2.05, 4.69) is 0 Å². The second kappa shape index (κ2) is 9.42. The molecule has 2 unspecified atom stereocenters. The third-order valence-electron chi connectivity index (χ3n) is 5.07. The summed E-state index contributed by atoms with van der Waals surface area (Å²) in [5.41, 5.74) is -3.98. The van der Waals surface area contributed by atoms with Gasteiger partial charge in [0.05, 0.1) is 12.0 Å². The van der Waals surface area contributed by atoms with Crippen molar-refractivity contribution in [3.05, 3.63) is 34.8 Å². The van der Waals surface area contributed by atoms with Gasteiger partial charge in [0.25, 0.3) is 0 Å². The quantitative estimate of drug-likeness (QED) is 0.172. The van der Waals surface area contributed by atoms with Crippen LogP contribution in [0.15, 0.2) is 34.8 Å². The summed E-state index contributed by atoms with van der Waals surface area (Å²) in [4.78, 5) is 50.8. The maximum Gasteiger partial charge on any atom is 0.340 e. The highest BCUT2D eigenvalue weighted by Crippen LogP contribution is 2.49. The number of allylic oxidation sites excluding steroid dienone is 1. The molecule has 0 spiro atoms. The smallest absolute Gasteiger partial charge is 0.340 e. The summed E-state index contributed by atoms with van der Waals surface area (Å²) < 4.78 is 42.0. The Labute approximate surface area is 209 Å². The molecule has 2 heterocycles. The fraction of sp³-hybridized carbons (Fsp3) is 0.565. The minimum atomic E-state index is -4.32. The summed E-state index contributed by atoms with van der Waals surface area (Å²) in [6, 6.07) is 0. The van der Waals surface area contributed by atoms with Crippen molar-refractivity contribution in [2.24, 2.45) is 0 Å². The molecule has 2 aliphatic rings. The maximum atomic E-state index is 13.4. The highest BCUT2D eigenvalue weighted by Gasteiger charge is 2.68. The van der Waals surface area contributed by atoms with Crippen molar-refractivity contribution >= 4 is 45.3 Å². The van der Waals surface area contributed by atoms with E-state index >= 15 is 0 Å². The largest absolute Gasteiger partial charge is 0.467 e. The molecule has 0 radical (unpaired) electrons. The average molecular weight is 532 g/mol. The standard InChI is InChI=1S/C23H30ClNO9S/c1-13-14(9-10-15(26)33-21(2,3)4)35(30,31)19-17(24)18(28)25(19)23(13,20(29)32-8)12-11-16(27)34-22(5,6)7/h9-12,17,19H,1-8H3/b10-9+,12-11+/t17-,19?,23?/m0/s1. The van der Waals surface area contributed by atoms with Gasteiger partial charge in [-0.15, -0.1) is 11.6 Å². The Hall–Kier alpha value is -2.66. The monoisotopic (exact) mass is 531 g/mol. The number of hydrogen-bond donors (Lipinski definition) is 0. The number of fused-ring (bicyclic) bond motifs is 1. The van der Waals surface area contributed by atoms with Crippen LogP contribution < -0.4 is 0 Å². The summed E-state index contributed by atoms with van der Waals surface area (Å²) in [6.07, 6.45) is 3.86. The Morgan fingerprint density at radius 3 is 1.94 bits per heavy atom. The van der Waals surface area contributed by atoms with E-state index in [1.807, 2.05) is 0 Å². The number of esters is 3. The van der Waals surface area contributed by atoms with E-state index < -0.39 is 66.0 Å². The summed E-state index contributed by atoms with van der Waals surface area (Å²) in [6.45, 7) is 11.1.